The first-order chi connectivity index (χ1) is 14.1. The molecule has 3 N–H and O–H groups in total. The van der Waals surface area contributed by atoms with Crippen molar-refractivity contribution in [1.29, 1.82) is 0 Å². The number of aliphatic hydroxyl groups is 1. The van der Waals surface area contributed by atoms with Gasteiger partial charge in [-0.1, -0.05) is 18.2 Å². The van der Waals surface area contributed by atoms with E-state index in [4.69, 9.17) is 14.4 Å². The molecule has 1 fully saturated rings. The van der Waals surface area contributed by atoms with Gasteiger partial charge in [0.05, 0.1) is 17.8 Å². The molecule has 1 aliphatic heterocycles. The largest absolute Gasteiger partial charge is 0.495 e. The van der Waals surface area contributed by atoms with E-state index in [-0.39, 0.29) is 12.5 Å². The number of pyridine rings is 1. The standard InChI is InChI=1S/C22H30BN3O4/c1-15-17(23-29-21(2,3)22(4,5)30-23)7-6-8-18(15)26-20(28)19-10-9-16(14-25-19)13-24-11-12-27/h6-10,14,24,27H,11-13H2,1-5H3,(H,26,28). The Balaban J connectivity index is 1.72. The molecule has 0 unspecified atom stereocenters. The molecule has 1 aliphatic rings. The van der Waals surface area contributed by atoms with Gasteiger partial charge in [0, 0.05) is 25.0 Å². The number of benzene rings is 1. The smallest absolute Gasteiger partial charge is 0.399 e. The van der Waals surface area contributed by atoms with Crippen LogP contribution in [0, 0.1) is 6.92 Å². The van der Waals surface area contributed by atoms with E-state index >= 15 is 0 Å². The Labute approximate surface area is 178 Å². The second-order valence-corrected chi connectivity index (χ2v) is 8.51. The Hall–Kier alpha value is -2.26. The van der Waals surface area contributed by atoms with Crippen LogP contribution in [0.3, 0.4) is 0 Å². The fourth-order valence-corrected chi connectivity index (χ4v) is 3.18. The third-order valence-electron chi connectivity index (χ3n) is 5.81. The average Bonchev–Trinajstić information content (AvgIpc) is 2.91. The molecule has 2 heterocycles. The summed E-state index contributed by atoms with van der Waals surface area (Å²) in [5, 5.41) is 14.8. The average molecular weight is 411 g/mol. The van der Waals surface area contributed by atoms with Crippen LogP contribution in [0.4, 0.5) is 5.69 Å². The summed E-state index contributed by atoms with van der Waals surface area (Å²) in [5.41, 5.74) is 2.91. The summed E-state index contributed by atoms with van der Waals surface area (Å²) in [4.78, 5) is 16.9. The zero-order valence-corrected chi connectivity index (χ0v) is 18.3. The fraction of sp³-hybridized carbons (Fsp3) is 0.455. The number of amides is 1. The highest BCUT2D eigenvalue weighted by Crippen LogP contribution is 2.37. The number of aromatic nitrogens is 1. The highest BCUT2D eigenvalue weighted by molar-refractivity contribution is 6.62. The monoisotopic (exact) mass is 411 g/mol. The molecule has 1 amide bonds. The Kier molecular flexibility index (Phi) is 6.62. The van der Waals surface area contributed by atoms with Crippen molar-refractivity contribution < 1.29 is 19.2 Å². The van der Waals surface area contributed by atoms with Crippen LogP contribution in [0.25, 0.3) is 0 Å². The van der Waals surface area contributed by atoms with E-state index in [1.54, 1.807) is 12.3 Å². The summed E-state index contributed by atoms with van der Waals surface area (Å²) in [5.74, 6) is -0.279. The van der Waals surface area contributed by atoms with E-state index in [1.165, 1.54) is 0 Å². The van der Waals surface area contributed by atoms with E-state index in [0.717, 1.165) is 16.6 Å². The van der Waals surface area contributed by atoms with Crippen molar-refractivity contribution in [2.24, 2.45) is 0 Å². The predicted octanol–water partition coefficient (Wildman–Crippen LogP) is 2.02. The Morgan fingerprint density at radius 2 is 1.83 bits per heavy atom. The van der Waals surface area contributed by atoms with Crippen LogP contribution in [0.15, 0.2) is 36.5 Å². The Morgan fingerprint density at radius 3 is 2.43 bits per heavy atom. The summed E-state index contributed by atoms with van der Waals surface area (Å²) in [6.45, 7) is 11.2. The first kappa shape index (κ1) is 22.4. The minimum Gasteiger partial charge on any atom is -0.399 e. The molecule has 0 aliphatic carbocycles. The number of anilines is 1. The summed E-state index contributed by atoms with van der Waals surface area (Å²) in [7, 11) is -0.490. The van der Waals surface area contributed by atoms with Crippen molar-refractivity contribution in [3.8, 4) is 0 Å². The molecule has 3 rings (SSSR count). The molecule has 160 valence electrons. The maximum atomic E-state index is 12.7. The number of carbonyl (C=O) groups excluding carboxylic acids is 1. The molecular weight excluding hydrogens is 381 g/mol. The molecule has 0 radical (unpaired) electrons. The zero-order chi connectivity index (χ0) is 21.9. The summed E-state index contributed by atoms with van der Waals surface area (Å²) in [6, 6.07) is 9.24. The SMILES string of the molecule is Cc1c(NC(=O)c2ccc(CNCCO)cn2)cccc1B1OC(C)(C)C(C)(C)O1. The van der Waals surface area contributed by atoms with Crippen LogP contribution in [0.2, 0.25) is 0 Å². The lowest BCUT2D eigenvalue weighted by molar-refractivity contribution is 0.00578. The Bertz CT molecular complexity index is 884. The van der Waals surface area contributed by atoms with Gasteiger partial charge in [0.25, 0.3) is 5.91 Å². The number of rotatable bonds is 7. The maximum Gasteiger partial charge on any atom is 0.495 e. The maximum absolute atomic E-state index is 12.7. The van der Waals surface area contributed by atoms with Gasteiger partial charge in [-0.15, -0.1) is 0 Å². The lowest BCUT2D eigenvalue weighted by Crippen LogP contribution is -2.41. The van der Waals surface area contributed by atoms with Gasteiger partial charge in [-0.05, 0) is 63.3 Å². The number of nitrogens with zero attached hydrogens (tertiary/aromatic N) is 1. The van der Waals surface area contributed by atoms with Crippen molar-refractivity contribution in [3.05, 3.63) is 53.3 Å². The molecule has 0 saturated carbocycles. The van der Waals surface area contributed by atoms with Crippen LogP contribution in [-0.4, -0.2) is 47.5 Å². The summed E-state index contributed by atoms with van der Waals surface area (Å²) >= 11 is 0. The van der Waals surface area contributed by atoms with Crippen molar-refractivity contribution in [2.45, 2.75) is 52.4 Å². The van der Waals surface area contributed by atoms with E-state index in [9.17, 15) is 4.79 Å². The second kappa shape index (κ2) is 8.85. The third kappa shape index (κ3) is 4.73. The summed E-state index contributed by atoms with van der Waals surface area (Å²) < 4.78 is 12.3. The van der Waals surface area contributed by atoms with E-state index in [1.807, 2.05) is 58.9 Å². The first-order valence-electron chi connectivity index (χ1n) is 10.2. The van der Waals surface area contributed by atoms with Gasteiger partial charge < -0.3 is 25.0 Å². The van der Waals surface area contributed by atoms with Gasteiger partial charge in [0.2, 0.25) is 0 Å². The molecule has 1 aromatic heterocycles. The molecule has 7 nitrogen and oxygen atoms in total. The summed E-state index contributed by atoms with van der Waals surface area (Å²) in [6.07, 6.45) is 1.66. The lowest BCUT2D eigenvalue weighted by Gasteiger charge is -2.32. The van der Waals surface area contributed by atoms with Gasteiger partial charge in [-0.2, -0.15) is 0 Å². The molecule has 1 aromatic carbocycles. The van der Waals surface area contributed by atoms with Gasteiger partial charge in [-0.25, -0.2) is 0 Å². The van der Waals surface area contributed by atoms with Crippen LogP contribution >= 0.6 is 0 Å². The van der Waals surface area contributed by atoms with Crippen LogP contribution in [0.5, 0.6) is 0 Å². The van der Waals surface area contributed by atoms with E-state index < -0.39 is 18.3 Å². The van der Waals surface area contributed by atoms with Crippen molar-refractivity contribution in [2.75, 3.05) is 18.5 Å². The van der Waals surface area contributed by atoms with Crippen LogP contribution in [0.1, 0.15) is 49.3 Å². The predicted molar refractivity (Wildman–Crippen MR) is 118 cm³/mol. The van der Waals surface area contributed by atoms with Crippen molar-refractivity contribution >= 4 is 24.2 Å². The normalized spacial score (nSPS) is 17.2. The van der Waals surface area contributed by atoms with Crippen molar-refractivity contribution in [1.82, 2.24) is 10.3 Å². The van der Waals surface area contributed by atoms with Gasteiger partial charge in [-0.3, -0.25) is 9.78 Å². The van der Waals surface area contributed by atoms with Crippen LogP contribution in [-0.2, 0) is 15.9 Å². The topological polar surface area (TPSA) is 92.7 Å². The van der Waals surface area contributed by atoms with Gasteiger partial charge >= 0.3 is 7.12 Å². The van der Waals surface area contributed by atoms with E-state index in [2.05, 4.69) is 15.6 Å². The molecular formula is C22H30BN3O4. The van der Waals surface area contributed by atoms with E-state index in [0.29, 0.717) is 24.5 Å². The minimum absolute atomic E-state index is 0.0816. The van der Waals surface area contributed by atoms with Crippen molar-refractivity contribution in [3.63, 3.8) is 0 Å². The van der Waals surface area contributed by atoms with Crippen LogP contribution < -0.4 is 16.1 Å². The highest BCUT2D eigenvalue weighted by Gasteiger charge is 2.52. The van der Waals surface area contributed by atoms with Gasteiger partial charge in [0.1, 0.15) is 5.69 Å². The number of hydrogen-bond acceptors (Lipinski definition) is 6. The fourth-order valence-electron chi connectivity index (χ4n) is 3.18. The second-order valence-electron chi connectivity index (χ2n) is 8.51. The zero-order valence-electron chi connectivity index (χ0n) is 18.3. The minimum atomic E-state index is -0.490. The molecule has 0 bridgehead atoms. The quantitative estimate of drug-likeness (QED) is 0.477. The molecule has 0 spiro atoms. The number of carbonyl (C=O) groups is 1. The number of hydrogen-bond donors (Lipinski definition) is 3. The molecule has 30 heavy (non-hydrogen) atoms. The molecule has 8 heteroatoms. The highest BCUT2D eigenvalue weighted by atomic mass is 16.7. The molecule has 2 aromatic rings. The number of aliphatic hydroxyl groups excluding tert-OH is 1. The third-order valence-corrected chi connectivity index (χ3v) is 5.81. The lowest BCUT2D eigenvalue weighted by atomic mass is 9.76. The molecule has 0 atom stereocenters. The molecule has 1 saturated heterocycles. The van der Waals surface area contributed by atoms with Gasteiger partial charge in [0.15, 0.2) is 0 Å². The first-order valence-corrected chi connectivity index (χ1v) is 10.2. The number of nitrogens with one attached hydrogen (secondary N) is 2. The Morgan fingerprint density at radius 1 is 1.13 bits per heavy atom.